The number of nitrogens with one attached hydrogen (secondary N) is 1. The molecule has 0 aromatic heterocycles. The predicted octanol–water partition coefficient (Wildman–Crippen LogP) is 2.25. The predicted molar refractivity (Wildman–Crippen MR) is 70.1 cm³/mol. The number of rotatable bonds is 7. The quantitative estimate of drug-likeness (QED) is 0.223. The molecule has 1 aromatic rings. The molecule has 0 saturated heterocycles. The van der Waals surface area contributed by atoms with Crippen molar-refractivity contribution in [1.82, 2.24) is 5.32 Å². The van der Waals surface area contributed by atoms with Crippen molar-refractivity contribution >= 4 is 5.84 Å². The van der Waals surface area contributed by atoms with Gasteiger partial charge in [-0.25, -0.2) is 0 Å². The van der Waals surface area contributed by atoms with Crippen LogP contribution in [-0.2, 0) is 0 Å². The van der Waals surface area contributed by atoms with Crippen LogP contribution in [0.3, 0.4) is 0 Å². The van der Waals surface area contributed by atoms with E-state index in [-0.39, 0.29) is 0 Å². The summed E-state index contributed by atoms with van der Waals surface area (Å²) < 4.78 is 0. The first kappa shape index (κ1) is 13.5. The number of hydrogen-bond acceptors (Lipinski definition) is 3. The van der Waals surface area contributed by atoms with E-state index in [0.717, 1.165) is 19.4 Å². The van der Waals surface area contributed by atoms with Crippen molar-refractivity contribution in [2.75, 3.05) is 6.54 Å². The largest absolute Gasteiger partial charge is 0.409 e. The summed E-state index contributed by atoms with van der Waals surface area (Å²) in [6, 6.07) is 10.8. The summed E-state index contributed by atoms with van der Waals surface area (Å²) in [5.74, 6) is 0.291. The molecule has 1 unspecified atom stereocenters. The fourth-order valence-electron chi connectivity index (χ4n) is 1.78. The average Bonchev–Trinajstić information content (AvgIpc) is 2.39. The molecule has 4 nitrogen and oxygen atoms in total. The van der Waals surface area contributed by atoms with Gasteiger partial charge in [0, 0.05) is 12.5 Å². The molecule has 0 heterocycles. The van der Waals surface area contributed by atoms with Crippen molar-refractivity contribution in [1.29, 1.82) is 0 Å². The van der Waals surface area contributed by atoms with Crippen molar-refractivity contribution in [2.24, 2.45) is 10.9 Å². The zero-order chi connectivity index (χ0) is 12.5. The van der Waals surface area contributed by atoms with Crippen LogP contribution in [0.4, 0.5) is 0 Å². The number of nitrogens with zero attached hydrogens (tertiary/aromatic N) is 1. The Hall–Kier alpha value is -1.55. The fourth-order valence-corrected chi connectivity index (χ4v) is 1.78. The SMILES string of the molecule is CCC(NCCCC(N)=NO)c1ccccc1. The normalized spacial score (nSPS) is 13.6. The van der Waals surface area contributed by atoms with Gasteiger partial charge >= 0.3 is 0 Å². The molecule has 1 rings (SSSR count). The lowest BCUT2D eigenvalue weighted by Gasteiger charge is -2.17. The second-order valence-corrected chi connectivity index (χ2v) is 4.02. The molecular weight excluding hydrogens is 214 g/mol. The molecule has 0 bridgehead atoms. The van der Waals surface area contributed by atoms with E-state index in [0.29, 0.717) is 18.3 Å². The van der Waals surface area contributed by atoms with Gasteiger partial charge in [-0.1, -0.05) is 42.4 Å². The molecule has 0 aliphatic carbocycles. The summed E-state index contributed by atoms with van der Waals surface area (Å²) in [6.07, 6.45) is 2.54. The van der Waals surface area contributed by atoms with Gasteiger partial charge in [0.05, 0.1) is 0 Å². The van der Waals surface area contributed by atoms with Gasteiger partial charge in [0.2, 0.25) is 0 Å². The van der Waals surface area contributed by atoms with Crippen LogP contribution < -0.4 is 11.1 Å². The van der Waals surface area contributed by atoms with Crippen LogP contribution in [0.25, 0.3) is 0 Å². The third-order valence-electron chi connectivity index (χ3n) is 2.74. The molecule has 0 amide bonds. The lowest BCUT2D eigenvalue weighted by Crippen LogP contribution is -2.23. The number of benzene rings is 1. The van der Waals surface area contributed by atoms with Crippen molar-refractivity contribution in [3.63, 3.8) is 0 Å². The Morgan fingerprint density at radius 1 is 1.41 bits per heavy atom. The molecule has 0 aliphatic heterocycles. The second-order valence-electron chi connectivity index (χ2n) is 4.02. The third kappa shape index (κ3) is 4.87. The molecule has 4 heteroatoms. The molecule has 1 atom stereocenters. The summed E-state index contributed by atoms with van der Waals surface area (Å²) >= 11 is 0. The Bertz CT molecular complexity index is 338. The van der Waals surface area contributed by atoms with Crippen molar-refractivity contribution in [2.45, 2.75) is 32.2 Å². The highest BCUT2D eigenvalue weighted by Crippen LogP contribution is 2.15. The van der Waals surface area contributed by atoms with Crippen LogP contribution >= 0.6 is 0 Å². The van der Waals surface area contributed by atoms with Gasteiger partial charge in [-0.3, -0.25) is 0 Å². The molecule has 0 aliphatic rings. The summed E-state index contributed by atoms with van der Waals surface area (Å²) in [5.41, 5.74) is 6.71. The van der Waals surface area contributed by atoms with Crippen molar-refractivity contribution in [3.8, 4) is 0 Å². The van der Waals surface area contributed by atoms with Crippen LogP contribution in [0.5, 0.6) is 0 Å². The third-order valence-corrected chi connectivity index (χ3v) is 2.74. The van der Waals surface area contributed by atoms with Gasteiger partial charge < -0.3 is 16.3 Å². The van der Waals surface area contributed by atoms with Gasteiger partial charge in [0.1, 0.15) is 5.84 Å². The minimum Gasteiger partial charge on any atom is -0.409 e. The van der Waals surface area contributed by atoms with Crippen LogP contribution in [0.2, 0.25) is 0 Å². The Balaban J connectivity index is 2.34. The number of nitrogens with two attached hydrogens (primary N) is 1. The van der Waals surface area contributed by atoms with Gasteiger partial charge in [0.25, 0.3) is 0 Å². The minimum atomic E-state index is 0.291. The van der Waals surface area contributed by atoms with E-state index >= 15 is 0 Å². The molecule has 4 N–H and O–H groups in total. The zero-order valence-corrected chi connectivity index (χ0v) is 10.3. The van der Waals surface area contributed by atoms with Gasteiger partial charge in [0.15, 0.2) is 0 Å². The molecule has 94 valence electrons. The van der Waals surface area contributed by atoms with E-state index in [4.69, 9.17) is 10.9 Å². The lowest BCUT2D eigenvalue weighted by molar-refractivity contribution is 0.316. The highest BCUT2D eigenvalue weighted by molar-refractivity contribution is 5.79. The fraction of sp³-hybridized carbons (Fsp3) is 0.462. The van der Waals surface area contributed by atoms with E-state index in [2.05, 4.69) is 41.7 Å². The molecule has 0 saturated carbocycles. The summed E-state index contributed by atoms with van der Waals surface area (Å²) in [5, 5.41) is 14.8. The van der Waals surface area contributed by atoms with Gasteiger partial charge in [-0.05, 0) is 24.9 Å². The monoisotopic (exact) mass is 235 g/mol. The van der Waals surface area contributed by atoms with E-state index in [1.54, 1.807) is 0 Å². The minimum absolute atomic E-state index is 0.291. The van der Waals surface area contributed by atoms with Gasteiger partial charge in [-0.2, -0.15) is 0 Å². The lowest BCUT2D eigenvalue weighted by atomic mass is 10.0. The van der Waals surface area contributed by atoms with Crippen molar-refractivity contribution in [3.05, 3.63) is 35.9 Å². The van der Waals surface area contributed by atoms with Crippen LogP contribution in [-0.4, -0.2) is 17.6 Å². The standard InChI is InChI=1S/C13H21N3O/c1-2-12(11-7-4-3-5-8-11)15-10-6-9-13(14)16-17/h3-5,7-8,12,15,17H,2,6,9-10H2,1H3,(H2,14,16). The van der Waals surface area contributed by atoms with Gasteiger partial charge in [-0.15, -0.1) is 0 Å². The zero-order valence-electron chi connectivity index (χ0n) is 10.3. The maximum atomic E-state index is 8.41. The Kier molecular flexibility index (Phi) is 6.10. The highest BCUT2D eigenvalue weighted by atomic mass is 16.4. The first-order chi connectivity index (χ1) is 8.27. The molecule has 0 spiro atoms. The van der Waals surface area contributed by atoms with Crippen LogP contribution in [0, 0.1) is 0 Å². The number of amidine groups is 1. The molecule has 0 fully saturated rings. The number of hydrogen-bond donors (Lipinski definition) is 3. The topological polar surface area (TPSA) is 70.6 Å². The summed E-state index contributed by atoms with van der Waals surface area (Å²) in [6.45, 7) is 3.03. The Morgan fingerprint density at radius 3 is 2.71 bits per heavy atom. The first-order valence-electron chi connectivity index (χ1n) is 6.02. The maximum absolute atomic E-state index is 8.41. The molecular formula is C13H21N3O. The van der Waals surface area contributed by atoms with Crippen LogP contribution in [0.15, 0.2) is 35.5 Å². The van der Waals surface area contributed by atoms with E-state index in [9.17, 15) is 0 Å². The number of oxime groups is 1. The Morgan fingerprint density at radius 2 is 2.12 bits per heavy atom. The van der Waals surface area contributed by atoms with E-state index < -0.39 is 0 Å². The summed E-state index contributed by atoms with van der Waals surface area (Å²) in [7, 11) is 0. The highest BCUT2D eigenvalue weighted by Gasteiger charge is 2.07. The van der Waals surface area contributed by atoms with E-state index in [1.807, 2.05) is 6.07 Å². The van der Waals surface area contributed by atoms with E-state index in [1.165, 1.54) is 5.56 Å². The smallest absolute Gasteiger partial charge is 0.139 e. The first-order valence-corrected chi connectivity index (χ1v) is 6.02. The molecule has 1 aromatic carbocycles. The summed E-state index contributed by atoms with van der Waals surface area (Å²) in [4.78, 5) is 0. The molecule has 17 heavy (non-hydrogen) atoms. The average molecular weight is 235 g/mol. The van der Waals surface area contributed by atoms with Crippen molar-refractivity contribution < 1.29 is 5.21 Å². The maximum Gasteiger partial charge on any atom is 0.139 e. The van der Waals surface area contributed by atoms with Crippen LogP contribution in [0.1, 0.15) is 37.8 Å². The second kappa shape index (κ2) is 7.68. The molecule has 0 radical (unpaired) electrons. The Labute approximate surface area is 103 Å².